The van der Waals surface area contributed by atoms with Crippen LogP contribution in [0.25, 0.3) is 0 Å². The van der Waals surface area contributed by atoms with Crippen LogP contribution in [0.4, 0.5) is 0 Å². The summed E-state index contributed by atoms with van der Waals surface area (Å²) in [5, 5.41) is 10.8. The van der Waals surface area contributed by atoms with Crippen LogP contribution in [0.3, 0.4) is 0 Å². The van der Waals surface area contributed by atoms with Crippen molar-refractivity contribution < 1.29 is 14.3 Å². The second-order valence-electron chi connectivity index (χ2n) is 5.66. The molecule has 0 spiro atoms. The number of methoxy groups -OCH3 is 2. The van der Waals surface area contributed by atoms with Crippen molar-refractivity contribution in [1.29, 1.82) is 0 Å². The molecule has 0 saturated heterocycles. The molecule has 3 rings (SSSR count). The Bertz CT molecular complexity index is 878. The molecule has 3 aromatic rings. The lowest BCUT2D eigenvalue weighted by atomic mass is 10.2. The second-order valence-corrected chi connectivity index (χ2v) is 5.66. The average Bonchev–Trinajstić information content (AvgIpc) is 3.15. The number of nitrogens with zero attached hydrogens (tertiary/aromatic N) is 3. The number of hydrogen-bond acceptors (Lipinski definition) is 5. The Balaban J connectivity index is 1.60. The molecular formula is C19H20N4O3. The lowest BCUT2D eigenvalue weighted by molar-refractivity contribution is 0.0945. The fourth-order valence-corrected chi connectivity index (χ4v) is 2.51. The van der Waals surface area contributed by atoms with E-state index in [1.54, 1.807) is 31.2 Å². The SMILES string of the molecule is COc1ccc(CNC(=O)c2cn(Cc3ccccc3)nn2)cc1OC. The van der Waals surface area contributed by atoms with Crippen LogP contribution in [0.1, 0.15) is 21.6 Å². The normalized spacial score (nSPS) is 10.4. The molecule has 0 bridgehead atoms. The molecule has 1 aromatic heterocycles. The van der Waals surface area contributed by atoms with Gasteiger partial charge < -0.3 is 14.8 Å². The molecule has 2 aromatic carbocycles. The largest absolute Gasteiger partial charge is 0.493 e. The van der Waals surface area contributed by atoms with Crippen LogP contribution in [-0.2, 0) is 13.1 Å². The first kappa shape index (κ1) is 17.5. The highest BCUT2D eigenvalue weighted by atomic mass is 16.5. The van der Waals surface area contributed by atoms with Crippen LogP contribution in [0.5, 0.6) is 11.5 Å². The van der Waals surface area contributed by atoms with Crippen LogP contribution in [0, 0.1) is 0 Å². The van der Waals surface area contributed by atoms with Gasteiger partial charge in [-0.3, -0.25) is 4.79 Å². The van der Waals surface area contributed by atoms with Gasteiger partial charge in [0.05, 0.1) is 27.0 Å². The molecule has 0 aliphatic heterocycles. The van der Waals surface area contributed by atoms with E-state index in [0.29, 0.717) is 24.6 Å². The number of carbonyl (C=O) groups is 1. The van der Waals surface area contributed by atoms with Gasteiger partial charge in [-0.25, -0.2) is 4.68 Å². The Morgan fingerprint density at radius 1 is 1.04 bits per heavy atom. The van der Waals surface area contributed by atoms with Crippen molar-refractivity contribution in [2.75, 3.05) is 14.2 Å². The van der Waals surface area contributed by atoms with Gasteiger partial charge in [0.15, 0.2) is 17.2 Å². The number of ether oxygens (including phenoxy) is 2. The van der Waals surface area contributed by atoms with Crippen LogP contribution in [0.2, 0.25) is 0 Å². The number of hydrogen-bond donors (Lipinski definition) is 1. The Kier molecular flexibility index (Phi) is 5.48. The van der Waals surface area contributed by atoms with Gasteiger partial charge in [0.25, 0.3) is 5.91 Å². The first-order chi connectivity index (χ1) is 12.7. The number of nitrogens with one attached hydrogen (secondary N) is 1. The average molecular weight is 352 g/mol. The minimum Gasteiger partial charge on any atom is -0.493 e. The summed E-state index contributed by atoms with van der Waals surface area (Å²) in [4.78, 5) is 12.3. The van der Waals surface area contributed by atoms with E-state index < -0.39 is 0 Å². The van der Waals surface area contributed by atoms with Crippen LogP contribution >= 0.6 is 0 Å². The van der Waals surface area contributed by atoms with Gasteiger partial charge in [-0.1, -0.05) is 41.6 Å². The van der Waals surface area contributed by atoms with Crippen molar-refractivity contribution in [2.45, 2.75) is 13.1 Å². The maximum atomic E-state index is 12.3. The summed E-state index contributed by atoms with van der Waals surface area (Å²) in [6.07, 6.45) is 1.64. The molecule has 7 nitrogen and oxygen atoms in total. The zero-order valence-corrected chi connectivity index (χ0v) is 14.7. The van der Waals surface area contributed by atoms with Gasteiger partial charge in [-0.2, -0.15) is 0 Å². The van der Waals surface area contributed by atoms with E-state index in [0.717, 1.165) is 11.1 Å². The Morgan fingerprint density at radius 3 is 2.54 bits per heavy atom. The highest BCUT2D eigenvalue weighted by Gasteiger charge is 2.11. The maximum absolute atomic E-state index is 12.3. The van der Waals surface area contributed by atoms with Crippen molar-refractivity contribution in [2.24, 2.45) is 0 Å². The second kappa shape index (κ2) is 8.15. The summed E-state index contributed by atoms with van der Waals surface area (Å²) >= 11 is 0. The van der Waals surface area contributed by atoms with E-state index in [-0.39, 0.29) is 11.6 Å². The molecule has 0 fully saturated rings. The predicted molar refractivity (Wildman–Crippen MR) is 96.3 cm³/mol. The van der Waals surface area contributed by atoms with E-state index in [9.17, 15) is 4.79 Å². The maximum Gasteiger partial charge on any atom is 0.273 e. The zero-order chi connectivity index (χ0) is 18.4. The summed E-state index contributed by atoms with van der Waals surface area (Å²) < 4.78 is 12.1. The summed E-state index contributed by atoms with van der Waals surface area (Å²) in [7, 11) is 3.16. The minimum absolute atomic E-state index is 0.279. The van der Waals surface area contributed by atoms with Crippen molar-refractivity contribution >= 4 is 5.91 Å². The molecule has 0 aliphatic carbocycles. The number of amides is 1. The van der Waals surface area contributed by atoms with Crippen molar-refractivity contribution in [1.82, 2.24) is 20.3 Å². The standard InChI is InChI=1S/C19H20N4O3/c1-25-17-9-8-15(10-18(17)26-2)11-20-19(24)16-13-23(22-21-16)12-14-6-4-3-5-7-14/h3-10,13H,11-12H2,1-2H3,(H,20,24). The lowest BCUT2D eigenvalue weighted by Gasteiger charge is -2.09. The monoisotopic (exact) mass is 352 g/mol. The van der Waals surface area contributed by atoms with Crippen molar-refractivity contribution in [3.8, 4) is 11.5 Å². The molecule has 0 unspecified atom stereocenters. The number of carbonyl (C=O) groups excluding carboxylic acids is 1. The molecule has 134 valence electrons. The van der Waals surface area contributed by atoms with Gasteiger partial charge in [0.2, 0.25) is 0 Å². The molecule has 0 atom stereocenters. The van der Waals surface area contributed by atoms with Crippen LogP contribution < -0.4 is 14.8 Å². The Morgan fingerprint density at radius 2 is 1.81 bits per heavy atom. The Hall–Kier alpha value is -3.35. The molecule has 0 saturated carbocycles. The topological polar surface area (TPSA) is 78.3 Å². The van der Waals surface area contributed by atoms with E-state index in [4.69, 9.17) is 9.47 Å². The molecule has 0 aliphatic rings. The summed E-state index contributed by atoms with van der Waals surface area (Å²) in [5.41, 5.74) is 2.27. The molecule has 7 heteroatoms. The first-order valence-electron chi connectivity index (χ1n) is 8.12. The fraction of sp³-hybridized carbons (Fsp3) is 0.211. The zero-order valence-electron chi connectivity index (χ0n) is 14.7. The molecule has 1 heterocycles. The summed E-state index contributed by atoms with van der Waals surface area (Å²) in [5.74, 6) is 0.985. The molecular weight excluding hydrogens is 332 g/mol. The van der Waals surface area contributed by atoms with Crippen LogP contribution in [-0.4, -0.2) is 35.1 Å². The van der Waals surface area contributed by atoms with Crippen molar-refractivity contribution in [3.05, 3.63) is 71.5 Å². The third kappa shape index (κ3) is 4.18. The van der Waals surface area contributed by atoms with E-state index >= 15 is 0 Å². The summed E-state index contributed by atoms with van der Waals surface area (Å²) in [6.45, 7) is 0.918. The smallest absolute Gasteiger partial charge is 0.273 e. The summed E-state index contributed by atoms with van der Waals surface area (Å²) in [6, 6.07) is 15.4. The van der Waals surface area contributed by atoms with Gasteiger partial charge in [-0.05, 0) is 23.3 Å². The quantitative estimate of drug-likeness (QED) is 0.706. The molecule has 26 heavy (non-hydrogen) atoms. The lowest BCUT2D eigenvalue weighted by Crippen LogP contribution is -2.23. The molecule has 1 amide bonds. The number of rotatable bonds is 7. The van der Waals surface area contributed by atoms with E-state index in [2.05, 4.69) is 15.6 Å². The number of benzene rings is 2. The molecule has 1 N–H and O–H groups in total. The highest BCUT2D eigenvalue weighted by Crippen LogP contribution is 2.27. The van der Waals surface area contributed by atoms with Crippen molar-refractivity contribution in [3.63, 3.8) is 0 Å². The van der Waals surface area contributed by atoms with E-state index in [1.807, 2.05) is 42.5 Å². The third-order valence-corrected chi connectivity index (χ3v) is 3.86. The fourth-order valence-electron chi connectivity index (χ4n) is 2.51. The van der Waals surface area contributed by atoms with E-state index in [1.165, 1.54) is 0 Å². The highest BCUT2D eigenvalue weighted by molar-refractivity contribution is 5.91. The van der Waals surface area contributed by atoms with Gasteiger partial charge in [-0.15, -0.1) is 5.10 Å². The van der Waals surface area contributed by atoms with Gasteiger partial charge in [0.1, 0.15) is 0 Å². The Labute approximate surface area is 151 Å². The van der Waals surface area contributed by atoms with Gasteiger partial charge >= 0.3 is 0 Å². The van der Waals surface area contributed by atoms with Crippen LogP contribution in [0.15, 0.2) is 54.7 Å². The predicted octanol–water partition coefficient (Wildman–Crippen LogP) is 2.27. The third-order valence-electron chi connectivity index (χ3n) is 3.86. The van der Waals surface area contributed by atoms with Gasteiger partial charge in [0, 0.05) is 6.54 Å². The first-order valence-corrected chi connectivity index (χ1v) is 8.12. The number of aromatic nitrogens is 3. The molecule has 0 radical (unpaired) electrons. The minimum atomic E-state index is -0.279.